The Kier molecular flexibility index (Phi) is 2.41. The summed E-state index contributed by atoms with van der Waals surface area (Å²) >= 11 is 0. The van der Waals surface area contributed by atoms with E-state index in [1.807, 2.05) is 6.07 Å². The van der Waals surface area contributed by atoms with E-state index < -0.39 is 0 Å². The molecule has 1 aliphatic heterocycles. The van der Waals surface area contributed by atoms with Crippen LogP contribution in [0.2, 0.25) is 0 Å². The summed E-state index contributed by atoms with van der Waals surface area (Å²) in [7, 11) is 0. The van der Waals surface area contributed by atoms with Gasteiger partial charge in [0.1, 0.15) is 0 Å². The predicted molar refractivity (Wildman–Crippen MR) is 74.2 cm³/mol. The van der Waals surface area contributed by atoms with E-state index in [4.69, 9.17) is 5.73 Å². The highest BCUT2D eigenvalue weighted by Gasteiger charge is 2.42. The molecule has 2 aliphatic carbocycles. The zero-order chi connectivity index (χ0) is 12.1. The van der Waals surface area contributed by atoms with Crippen molar-refractivity contribution in [1.82, 2.24) is 4.90 Å². The maximum Gasteiger partial charge on any atom is 0.0350 e. The van der Waals surface area contributed by atoms with Crippen molar-refractivity contribution >= 4 is 5.69 Å². The lowest BCUT2D eigenvalue weighted by Crippen LogP contribution is -2.42. The molecule has 0 amide bonds. The van der Waals surface area contributed by atoms with Crippen LogP contribution in [0.25, 0.3) is 0 Å². The van der Waals surface area contributed by atoms with Gasteiger partial charge in [-0.25, -0.2) is 0 Å². The molecule has 1 aromatic rings. The highest BCUT2D eigenvalue weighted by Crippen LogP contribution is 2.47. The Morgan fingerprint density at radius 2 is 2.11 bits per heavy atom. The van der Waals surface area contributed by atoms with Crippen LogP contribution in [0.15, 0.2) is 18.2 Å². The van der Waals surface area contributed by atoms with Crippen LogP contribution in [-0.4, -0.2) is 17.5 Å². The van der Waals surface area contributed by atoms with Crippen molar-refractivity contribution in [1.29, 1.82) is 0 Å². The third-order valence-electron chi connectivity index (χ3n) is 5.50. The van der Waals surface area contributed by atoms with E-state index in [2.05, 4.69) is 17.0 Å². The third-order valence-corrected chi connectivity index (χ3v) is 5.50. The molecule has 2 fully saturated rings. The molecule has 0 radical (unpaired) electrons. The van der Waals surface area contributed by atoms with Crippen molar-refractivity contribution in [3.05, 3.63) is 29.3 Å². The number of nitrogen functional groups attached to an aromatic ring is 1. The molecule has 18 heavy (non-hydrogen) atoms. The molecule has 2 bridgehead atoms. The molecule has 3 aliphatic rings. The van der Waals surface area contributed by atoms with Crippen LogP contribution in [0.4, 0.5) is 5.69 Å². The first-order chi connectivity index (χ1) is 8.81. The molecule has 2 N–H and O–H groups in total. The molecule has 2 nitrogen and oxygen atoms in total. The number of rotatable bonds is 1. The molecule has 4 rings (SSSR count). The van der Waals surface area contributed by atoms with Crippen LogP contribution >= 0.6 is 0 Å². The summed E-state index contributed by atoms with van der Waals surface area (Å²) in [6.07, 6.45) is 7.09. The second-order valence-corrected chi connectivity index (χ2v) is 6.45. The van der Waals surface area contributed by atoms with Crippen LogP contribution in [-0.2, 0) is 13.0 Å². The molecule has 0 saturated heterocycles. The maximum absolute atomic E-state index is 6.08. The van der Waals surface area contributed by atoms with Crippen LogP contribution in [0.1, 0.15) is 36.8 Å². The van der Waals surface area contributed by atoms with Crippen LogP contribution < -0.4 is 5.73 Å². The maximum atomic E-state index is 6.08. The van der Waals surface area contributed by atoms with Crippen LogP contribution in [0, 0.1) is 11.8 Å². The van der Waals surface area contributed by atoms with Gasteiger partial charge in [-0.15, -0.1) is 0 Å². The molecule has 3 unspecified atom stereocenters. The third kappa shape index (κ3) is 1.58. The average molecular weight is 242 g/mol. The number of benzene rings is 1. The molecule has 1 aromatic carbocycles. The van der Waals surface area contributed by atoms with Gasteiger partial charge in [0.15, 0.2) is 0 Å². The minimum Gasteiger partial charge on any atom is -0.398 e. The Bertz CT molecular complexity index is 468. The zero-order valence-electron chi connectivity index (χ0n) is 10.9. The fraction of sp³-hybridized carbons (Fsp3) is 0.625. The Hall–Kier alpha value is -1.02. The number of hydrogen-bond acceptors (Lipinski definition) is 2. The predicted octanol–water partition coefficient (Wildman–Crippen LogP) is 2.82. The molecule has 3 atom stereocenters. The van der Waals surface area contributed by atoms with E-state index in [-0.39, 0.29) is 0 Å². The van der Waals surface area contributed by atoms with E-state index in [1.165, 1.54) is 43.4 Å². The molecule has 1 heterocycles. The summed E-state index contributed by atoms with van der Waals surface area (Å²) in [4.78, 5) is 2.74. The second-order valence-electron chi connectivity index (χ2n) is 6.45. The summed E-state index contributed by atoms with van der Waals surface area (Å²) in [6, 6.07) is 7.30. The van der Waals surface area contributed by atoms with Gasteiger partial charge in [-0.2, -0.15) is 0 Å². The molecule has 0 spiro atoms. The van der Waals surface area contributed by atoms with Gasteiger partial charge in [0.05, 0.1) is 0 Å². The fourth-order valence-electron chi connectivity index (χ4n) is 4.60. The van der Waals surface area contributed by atoms with E-state index in [0.29, 0.717) is 0 Å². The molecule has 2 saturated carbocycles. The minimum absolute atomic E-state index is 0.873. The number of nitrogens with two attached hydrogens (primary N) is 1. The van der Waals surface area contributed by atoms with Gasteiger partial charge in [0.2, 0.25) is 0 Å². The highest BCUT2D eigenvalue weighted by atomic mass is 15.2. The lowest BCUT2D eigenvalue weighted by atomic mass is 9.90. The zero-order valence-corrected chi connectivity index (χ0v) is 10.9. The van der Waals surface area contributed by atoms with Gasteiger partial charge < -0.3 is 5.73 Å². The lowest BCUT2D eigenvalue weighted by Gasteiger charge is -2.38. The Morgan fingerprint density at radius 3 is 2.89 bits per heavy atom. The largest absolute Gasteiger partial charge is 0.398 e. The Labute approximate surface area is 109 Å². The van der Waals surface area contributed by atoms with Crippen LogP contribution in [0.5, 0.6) is 0 Å². The molecule has 96 valence electrons. The van der Waals surface area contributed by atoms with Crippen molar-refractivity contribution in [3.63, 3.8) is 0 Å². The second kappa shape index (κ2) is 3.99. The number of hydrogen-bond donors (Lipinski definition) is 1. The first-order valence-electron chi connectivity index (χ1n) is 7.41. The SMILES string of the molecule is Nc1cccc2c1CCN(C1CC3CCC1C3)C2. The van der Waals surface area contributed by atoms with E-state index in [0.717, 1.165) is 36.5 Å². The average Bonchev–Trinajstić information content (AvgIpc) is 3.01. The van der Waals surface area contributed by atoms with Crippen molar-refractivity contribution in [2.75, 3.05) is 12.3 Å². The highest BCUT2D eigenvalue weighted by molar-refractivity contribution is 5.51. The quantitative estimate of drug-likeness (QED) is 0.767. The van der Waals surface area contributed by atoms with Crippen LogP contribution in [0.3, 0.4) is 0 Å². The van der Waals surface area contributed by atoms with E-state index in [9.17, 15) is 0 Å². The Balaban J connectivity index is 1.56. The molecular formula is C16H22N2. The van der Waals surface area contributed by atoms with Gasteiger partial charge in [-0.1, -0.05) is 18.6 Å². The molecular weight excluding hydrogens is 220 g/mol. The first kappa shape index (κ1) is 10.9. The van der Waals surface area contributed by atoms with Gasteiger partial charge in [0, 0.05) is 24.8 Å². The van der Waals surface area contributed by atoms with Crippen molar-refractivity contribution < 1.29 is 0 Å². The lowest BCUT2D eigenvalue weighted by molar-refractivity contribution is 0.128. The summed E-state index contributed by atoms with van der Waals surface area (Å²) in [6.45, 7) is 2.35. The van der Waals surface area contributed by atoms with Gasteiger partial charge in [-0.05, 0) is 54.7 Å². The molecule has 2 heteroatoms. The minimum atomic E-state index is 0.873. The fourth-order valence-corrected chi connectivity index (χ4v) is 4.60. The molecule has 0 aromatic heterocycles. The topological polar surface area (TPSA) is 29.3 Å². The number of anilines is 1. The normalized spacial score (nSPS) is 34.8. The first-order valence-corrected chi connectivity index (χ1v) is 7.41. The summed E-state index contributed by atoms with van der Waals surface area (Å²) in [5, 5.41) is 0. The summed E-state index contributed by atoms with van der Waals surface area (Å²) < 4.78 is 0. The summed E-state index contributed by atoms with van der Waals surface area (Å²) in [5.74, 6) is 2.04. The van der Waals surface area contributed by atoms with Gasteiger partial charge in [0.25, 0.3) is 0 Å². The van der Waals surface area contributed by atoms with Gasteiger partial charge >= 0.3 is 0 Å². The van der Waals surface area contributed by atoms with E-state index in [1.54, 1.807) is 0 Å². The van der Waals surface area contributed by atoms with Crippen molar-refractivity contribution in [2.24, 2.45) is 11.8 Å². The number of nitrogens with zero attached hydrogens (tertiary/aromatic N) is 1. The smallest absolute Gasteiger partial charge is 0.0350 e. The Morgan fingerprint density at radius 1 is 1.17 bits per heavy atom. The van der Waals surface area contributed by atoms with Gasteiger partial charge in [-0.3, -0.25) is 4.90 Å². The van der Waals surface area contributed by atoms with E-state index >= 15 is 0 Å². The number of fused-ring (bicyclic) bond motifs is 3. The summed E-state index contributed by atoms with van der Waals surface area (Å²) in [5.41, 5.74) is 9.97. The van der Waals surface area contributed by atoms with Crippen molar-refractivity contribution in [2.45, 2.75) is 44.7 Å². The monoisotopic (exact) mass is 242 g/mol. The standard InChI is InChI=1S/C16H22N2/c17-15-3-1-2-13-10-18(7-6-14(13)15)16-9-11-4-5-12(16)8-11/h1-3,11-12,16H,4-10,17H2. The van der Waals surface area contributed by atoms with Crippen molar-refractivity contribution in [3.8, 4) is 0 Å².